The Morgan fingerprint density at radius 1 is 1.17 bits per heavy atom. The van der Waals surface area contributed by atoms with E-state index in [4.69, 9.17) is 0 Å². The Morgan fingerprint density at radius 2 is 2.00 bits per heavy atom. The Bertz CT molecular complexity index is 710. The van der Waals surface area contributed by atoms with Gasteiger partial charge in [-0.1, -0.05) is 0 Å². The molecular weight excluding hydrogens is 288 g/mol. The van der Waals surface area contributed by atoms with Crippen LogP contribution in [-0.2, 0) is 12.8 Å². The second-order valence-corrected chi connectivity index (χ2v) is 6.55. The fourth-order valence-electron chi connectivity index (χ4n) is 3.29. The van der Waals surface area contributed by atoms with E-state index in [-0.39, 0.29) is 0 Å². The monoisotopic (exact) mass is 310 g/mol. The van der Waals surface area contributed by atoms with E-state index in [1.54, 1.807) is 0 Å². The van der Waals surface area contributed by atoms with E-state index in [1.807, 2.05) is 19.2 Å². The van der Waals surface area contributed by atoms with E-state index in [0.29, 0.717) is 6.04 Å². The molecule has 0 aromatic carbocycles. The molecule has 4 rings (SSSR count). The molecule has 0 N–H and O–H groups in total. The number of anilines is 2. The van der Waals surface area contributed by atoms with Gasteiger partial charge in [-0.15, -0.1) is 5.10 Å². The zero-order valence-corrected chi connectivity index (χ0v) is 13.7. The minimum atomic E-state index is 0.426. The smallest absolute Gasteiger partial charge is 0.225 e. The van der Waals surface area contributed by atoms with E-state index in [1.165, 1.54) is 24.1 Å². The number of likely N-dealkylation sites (N-methyl/N-ethyl adjacent to an activating group) is 1. The second kappa shape index (κ2) is 5.76. The van der Waals surface area contributed by atoms with Crippen LogP contribution in [0, 0.1) is 6.92 Å². The first-order chi connectivity index (χ1) is 11.2. The predicted molar refractivity (Wildman–Crippen MR) is 89.8 cm³/mol. The third-order valence-electron chi connectivity index (χ3n) is 4.89. The van der Waals surface area contributed by atoms with Gasteiger partial charge < -0.3 is 9.80 Å². The molecule has 0 atom stereocenters. The SMILES string of the molecule is Cc1ccnc(N(C)C2CN(c3cc4c(nn3)CCCC4)C2)n1. The highest BCUT2D eigenvalue weighted by atomic mass is 15.4. The molecule has 1 fully saturated rings. The van der Waals surface area contributed by atoms with Gasteiger partial charge >= 0.3 is 0 Å². The maximum Gasteiger partial charge on any atom is 0.225 e. The van der Waals surface area contributed by atoms with Crippen LogP contribution in [0.25, 0.3) is 0 Å². The second-order valence-electron chi connectivity index (χ2n) is 6.55. The van der Waals surface area contributed by atoms with Crippen molar-refractivity contribution in [3.63, 3.8) is 0 Å². The summed E-state index contributed by atoms with van der Waals surface area (Å²) in [6.07, 6.45) is 6.56. The Hall–Kier alpha value is -2.24. The highest BCUT2D eigenvalue weighted by Crippen LogP contribution is 2.26. The average Bonchev–Trinajstić information content (AvgIpc) is 2.53. The van der Waals surface area contributed by atoms with Crippen molar-refractivity contribution in [3.05, 3.63) is 35.3 Å². The molecule has 120 valence electrons. The first kappa shape index (κ1) is 14.4. The van der Waals surface area contributed by atoms with Crippen LogP contribution in [-0.4, -0.2) is 46.3 Å². The molecule has 0 spiro atoms. The van der Waals surface area contributed by atoms with Gasteiger partial charge in [0.05, 0.1) is 11.7 Å². The van der Waals surface area contributed by atoms with Crippen LogP contribution in [0.5, 0.6) is 0 Å². The standard InChI is InChI=1S/C17H22N6/c1-12-7-8-18-17(19-12)22(2)14-10-23(11-14)16-9-13-5-3-4-6-15(13)20-21-16/h7-9,14H,3-6,10-11H2,1-2H3. The van der Waals surface area contributed by atoms with Gasteiger partial charge in [-0.25, -0.2) is 9.97 Å². The fourth-order valence-corrected chi connectivity index (χ4v) is 3.29. The number of nitrogens with zero attached hydrogens (tertiary/aromatic N) is 6. The first-order valence-corrected chi connectivity index (χ1v) is 8.33. The fraction of sp³-hybridized carbons (Fsp3) is 0.529. The third-order valence-corrected chi connectivity index (χ3v) is 4.89. The minimum Gasteiger partial charge on any atom is -0.351 e. The van der Waals surface area contributed by atoms with E-state index in [2.05, 4.69) is 43.1 Å². The number of aromatic nitrogens is 4. The normalized spacial score (nSPS) is 17.6. The van der Waals surface area contributed by atoms with E-state index in [0.717, 1.165) is 43.4 Å². The third kappa shape index (κ3) is 2.73. The predicted octanol–water partition coefficient (Wildman–Crippen LogP) is 1.78. The maximum absolute atomic E-state index is 4.50. The highest BCUT2D eigenvalue weighted by Gasteiger charge is 2.32. The summed E-state index contributed by atoms with van der Waals surface area (Å²) in [7, 11) is 2.06. The molecule has 1 aliphatic carbocycles. The van der Waals surface area contributed by atoms with Gasteiger partial charge in [-0.05, 0) is 50.3 Å². The molecule has 0 unspecified atom stereocenters. The Labute approximate surface area is 136 Å². The largest absolute Gasteiger partial charge is 0.351 e. The quantitative estimate of drug-likeness (QED) is 0.861. The Kier molecular flexibility index (Phi) is 3.59. The van der Waals surface area contributed by atoms with Crippen molar-refractivity contribution in [1.29, 1.82) is 0 Å². The van der Waals surface area contributed by atoms with Gasteiger partial charge in [0, 0.05) is 32.0 Å². The van der Waals surface area contributed by atoms with Gasteiger partial charge in [0.15, 0.2) is 5.82 Å². The van der Waals surface area contributed by atoms with E-state index >= 15 is 0 Å². The van der Waals surface area contributed by atoms with Crippen LogP contribution >= 0.6 is 0 Å². The van der Waals surface area contributed by atoms with Crippen LogP contribution in [0.15, 0.2) is 18.3 Å². The molecule has 1 saturated heterocycles. The number of hydrogen-bond acceptors (Lipinski definition) is 6. The number of aryl methyl sites for hydroxylation is 3. The lowest BCUT2D eigenvalue weighted by molar-refractivity contribution is 0.483. The van der Waals surface area contributed by atoms with Crippen molar-refractivity contribution in [3.8, 4) is 0 Å². The Morgan fingerprint density at radius 3 is 2.83 bits per heavy atom. The Balaban J connectivity index is 1.43. The molecule has 6 nitrogen and oxygen atoms in total. The summed E-state index contributed by atoms with van der Waals surface area (Å²) in [5.74, 6) is 1.81. The molecule has 1 aliphatic heterocycles. The van der Waals surface area contributed by atoms with Gasteiger partial charge in [-0.2, -0.15) is 5.10 Å². The van der Waals surface area contributed by atoms with E-state index < -0.39 is 0 Å². The van der Waals surface area contributed by atoms with Crippen LogP contribution in [0.1, 0.15) is 29.8 Å². The zero-order valence-electron chi connectivity index (χ0n) is 13.7. The first-order valence-electron chi connectivity index (χ1n) is 8.33. The van der Waals surface area contributed by atoms with Crippen LogP contribution < -0.4 is 9.80 Å². The molecule has 2 aromatic heterocycles. The highest BCUT2D eigenvalue weighted by molar-refractivity contribution is 5.48. The minimum absolute atomic E-state index is 0.426. The molecule has 6 heteroatoms. The summed E-state index contributed by atoms with van der Waals surface area (Å²) in [6, 6.07) is 4.59. The molecule has 2 aromatic rings. The lowest BCUT2D eigenvalue weighted by atomic mass is 9.96. The molecule has 23 heavy (non-hydrogen) atoms. The summed E-state index contributed by atoms with van der Waals surface area (Å²) in [5, 5.41) is 8.85. The summed E-state index contributed by atoms with van der Waals surface area (Å²) in [6.45, 7) is 3.89. The lowest BCUT2D eigenvalue weighted by Gasteiger charge is -2.44. The summed E-state index contributed by atoms with van der Waals surface area (Å²) < 4.78 is 0. The van der Waals surface area contributed by atoms with Crippen LogP contribution in [0.4, 0.5) is 11.8 Å². The van der Waals surface area contributed by atoms with Crippen molar-refractivity contribution >= 4 is 11.8 Å². The number of hydrogen-bond donors (Lipinski definition) is 0. The molecule has 0 amide bonds. The molecular formula is C17H22N6. The summed E-state index contributed by atoms with van der Waals surface area (Å²) in [5.41, 5.74) is 3.58. The van der Waals surface area contributed by atoms with Crippen molar-refractivity contribution in [2.75, 3.05) is 29.9 Å². The zero-order chi connectivity index (χ0) is 15.8. The number of rotatable bonds is 3. The molecule has 0 bridgehead atoms. The van der Waals surface area contributed by atoms with Gasteiger partial charge in [0.2, 0.25) is 5.95 Å². The molecule has 0 radical (unpaired) electrons. The topological polar surface area (TPSA) is 58.0 Å². The van der Waals surface area contributed by atoms with Crippen molar-refractivity contribution < 1.29 is 0 Å². The van der Waals surface area contributed by atoms with Crippen molar-refractivity contribution in [2.24, 2.45) is 0 Å². The van der Waals surface area contributed by atoms with Gasteiger partial charge in [0.1, 0.15) is 0 Å². The van der Waals surface area contributed by atoms with Gasteiger partial charge in [0.25, 0.3) is 0 Å². The average molecular weight is 310 g/mol. The summed E-state index contributed by atoms with van der Waals surface area (Å²) >= 11 is 0. The lowest BCUT2D eigenvalue weighted by Crippen LogP contribution is -2.59. The van der Waals surface area contributed by atoms with Gasteiger partial charge in [-0.3, -0.25) is 0 Å². The molecule has 2 aliphatic rings. The van der Waals surface area contributed by atoms with Crippen LogP contribution in [0.2, 0.25) is 0 Å². The van der Waals surface area contributed by atoms with Crippen LogP contribution in [0.3, 0.4) is 0 Å². The summed E-state index contributed by atoms with van der Waals surface area (Å²) in [4.78, 5) is 13.3. The maximum atomic E-state index is 4.50. The molecule has 3 heterocycles. The van der Waals surface area contributed by atoms with Crippen molar-refractivity contribution in [2.45, 2.75) is 38.6 Å². The number of fused-ring (bicyclic) bond motifs is 1. The molecule has 0 saturated carbocycles. The van der Waals surface area contributed by atoms with E-state index in [9.17, 15) is 0 Å². The van der Waals surface area contributed by atoms with Crippen molar-refractivity contribution in [1.82, 2.24) is 20.2 Å².